The van der Waals surface area contributed by atoms with Gasteiger partial charge < -0.3 is 4.90 Å². The Hall–Kier alpha value is -2.24. The smallest absolute Gasteiger partial charge is 0.253 e. The molecule has 1 aliphatic heterocycles. The van der Waals surface area contributed by atoms with E-state index in [2.05, 4.69) is 5.10 Å². The third-order valence-electron chi connectivity index (χ3n) is 5.65. The predicted octanol–water partition coefficient (Wildman–Crippen LogP) is 1.38. The predicted molar refractivity (Wildman–Crippen MR) is 117 cm³/mol. The van der Waals surface area contributed by atoms with Crippen LogP contribution in [0.1, 0.15) is 39.8 Å². The average Bonchev–Trinajstić information content (AvgIpc) is 3.20. The summed E-state index contributed by atoms with van der Waals surface area (Å²) < 4.78 is 50.9. The highest BCUT2D eigenvalue weighted by Crippen LogP contribution is 2.27. The van der Waals surface area contributed by atoms with E-state index in [0.717, 1.165) is 21.3 Å². The van der Waals surface area contributed by atoms with E-state index in [0.29, 0.717) is 18.5 Å². The molecule has 1 aromatic carbocycles. The molecule has 0 N–H and O–H groups in total. The fraction of sp³-hybridized carbons (Fsp3) is 0.500. The zero-order chi connectivity index (χ0) is 23.1. The van der Waals surface area contributed by atoms with Crippen molar-refractivity contribution in [2.45, 2.75) is 37.8 Å². The molecule has 0 saturated carbocycles. The summed E-state index contributed by atoms with van der Waals surface area (Å²) in [5.41, 5.74) is 2.87. The molecule has 1 atom stereocenters. The van der Waals surface area contributed by atoms with E-state index in [4.69, 9.17) is 0 Å². The van der Waals surface area contributed by atoms with Crippen LogP contribution in [0.5, 0.6) is 0 Å². The van der Waals surface area contributed by atoms with E-state index in [1.165, 1.54) is 38.4 Å². The number of hydrogen-bond donors (Lipinski definition) is 0. The van der Waals surface area contributed by atoms with Gasteiger partial charge in [0.2, 0.25) is 10.0 Å². The van der Waals surface area contributed by atoms with Crippen molar-refractivity contribution in [1.29, 1.82) is 0 Å². The summed E-state index contributed by atoms with van der Waals surface area (Å²) in [4.78, 5) is 14.5. The molecule has 3 rings (SSSR count). The van der Waals surface area contributed by atoms with Crippen LogP contribution >= 0.6 is 0 Å². The van der Waals surface area contributed by atoms with Crippen molar-refractivity contribution in [1.82, 2.24) is 19.0 Å². The molecule has 2 aromatic rings. The molecule has 0 spiro atoms. The molecule has 1 saturated heterocycles. The zero-order valence-electron chi connectivity index (χ0n) is 18.4. The number of aromatic nitrogens is 2. The summed E-state index contributed by atoms with van der Waals surface area (Å²) in [6.45, 7) is 4.05. The highest BCUT2D eigenvalue weighted by atomic mass is 32.2. The number of rotatable bonds is 6. The fourth-order valence-corrected chi connectivity index (χ4v) is 6.35. The molecule has 9 nitrogen and oxygen atoms in total. The average molecular weight is 469 g/mol. The molecule has 1 unspecified atom stereocenters. The topological polar surface area (TPSA) is 110 Å². The largest absolute Gasteiger partial charge is 0.337 e. The van der Waals surface area contributed by atoms with Gasteiger partial charge in [-0.1, -0.05) is 0 Å². The van der Waals surface area contributed by atoms with Gasteiger partial charge in [0, 0.05) is 44.5 Å². The fourth-order valence-electron chi connectivity index (χ4n) is 3.76. The van der Waals surface area contributed by atoms with Gasteiger partial charge in [0.25, 0.3) is 5.91 Å². The van der Waals surface area contributed by atoms with Crippen LogP contribution in [0.4, 0.5) is 0 Å². The molecule has 1 fully saturated rings. The molecule has 1 amide bonds. The first-order chi connectivity index (χ1) is 14.3. The first-order valence-electron chi connectivity index (χ1n) is 9.86. The number of nitrogens with zero attached hydrogens (tertiary/aromatic N) is 4. The number of sulfonamides is 1. The van der Waals surface area contributed by atoms with E-state index in [1.54, 1.807) is 16.6 Å². The SMILES string of the molecule is Cc1nn(C2CCS(=O)(=O)C2)c(C)c1CN(C)C(=O)c1ccc(S(=O)(=O)N(C)C)cc1. The highest BCUT2D eigenvalue weighted by Gasteiger charge is 2.31. The summed E-state index contributed by atoms with van der Waals surface area (Å²) in [5, 5.41) is 4.54. The summed E-state index contributed by atoms with van der Waals surface area (Å²) in [7, 11) is -2.01. The second-order valence-electron chi connectivity index (χ2n) is 8.12. The molecule has 0 radical (unpaired) electrons. The molecule has 31 heavy (non-hydrogen) atoms. The number of hydrogen-bond acceptors (Lipinski definition) is 6. The van der Waals surface area contributed by atoms with Crippen molar-refractivity contribution in [3.63, 3.8) is 0 Å². The van der Waals surface area contributed by atoms with Crippen LogP contribution in [0.25, 0.3) is 0 Å². The van der Waals surface area contributed by atoms with Crippen LogP contribution in [0, 0.1) is 13.8 Å². The monoisotopic (exact) mass is 468 g/mol. The van der Waals surface area contributed by atoms with E-state index in [1.807, 2.05) is 13.8 Å². The highest BCUT2D eigenvalue weighted by molar-refractivity contribution is 7.91. The standard InChI is InChI=1S/C20H28N4O5S2/c1-14-19(15(2)24(21-14)17-10-11-30(26,27)13-17)12-23(5)20(25)16-6-8-18(9-7-16)31(28,29)22(3)4/h6-9,17H,10-13H2,1-5H3. The Bertz CT molecular complexity index is 1200. The number of benzene rings is 1. The van der Waals surface area contributed by atoms with Crippen LogP contribution in [-0.2, 0) is 26.4 Å². The molecular formula is C20H28N4O5S2. The second-order valence-corrected chi connectivity index (χ2v) is 12.5. The Kier molecular flexibility index (Phi) is 6.32. The summed E-state index contributed by atoms with van der Waals surface area (Å²) in [6.07, 6.45) is 0.542. The van der Waals surface area contributed by atoms with Crippen LogP contribution in [0.2, 0.25) is 0 Å². The first kappa shape index (κ1) is 23.4. The number of carbonyl (C=O) groups is 1. The van der Waals surface area contributed by atoms with Gasteiger partial charge in [-0.3, -0.25) is 9.48 Å². The Morgan fingerprint density at radius 3 is 2.29 bits per heavy atom. The van der Waals surface area contributed by atoms with Gasteiger partial charge in [-0.15, -0.1) is 0 Å². The Labute approximate surface area is 183 Å². The lowest BCUT2D eigenvalue weighted by molar-refractivity contribution is 0.0784. The van der Waals surface area contributed by atoms with Gasteiger partial charge in [0.1, 0.15) is 0 Å². The normalized spacial score (nSPS) is 18.5. The maximum atomic E-state index is 12.9. The van der Waals surface area contributed by atoms with E-state index in [-0.39, 0.29) is 28.4 Å². The van der Waals surface area contributed by atoms with E-state index >= 15 is 0 Å². The third-order valence-corrected chi connectivity index (χ3v) is 9.23. The minimum atomic E-state index is -3.56. The molecule has 0 aliphatic carbocycles. The van der Waals surface area contributed by atoms with Gasteiger partial charge in [-0.2, -0.15) is 5.10 Å². The molecule has 2 heterocycles. The summed E-state index contributed by atoms with van der Waals surface area (Å²) >= 11 is 0. The first-order valence-corrected chi connectivity index (χ1v) is 13.1. The lowest BCUT2D eigenvalue weighted by Gasteiger charge is -2.19. The Balaban J connectivity index is 1.77. The zero-order valence-corrected chi connectivity index (χ0v) is 20.0. The van der Waals surface area contributed by atoms with Crippen molar-refractivity contribution < 1.29 is 21.6 Å². The van der Waals surface area contributed by atoms with Gasteiger partial charge in [0.15, 0.2) is 9.84 Å². The molecular weight excluding hydrogens is 440 g/mol. The number of aryl methyl sites for hydroxylation is 1. The Morgan fingerprint density at radius 1 is 1.16 bits per heavy atom. The summed E-state index contributed by atoms with van der Waals surface area (Å²) in [6, 6.07) is 5.67. The lowest BCUT2D eigenvalue weighted by Crippen LogP contribution is -2.27. The van der Waals surface area contributed by atoms with Gasteiger partial charge in [-0.25, -0.2) is 21.1 Å². The minimum absolute atomic E-state index is 0.0887. The van der Waals surface area contributed by atoms with Gasteiger partial charge >= 0.3 is 0 Å². The van der Waals surface area contributed by atoms with E-state index < -0.39 is 19.9 Å². The molecule has 0 bridgehead atoms. The van der Waals surface area contributed by atoms with Crippen molar-refractivity contribution in [3.05, 3.63) is 46.8 Å². The van der Waals surface area contributed by atoms with Crippen LogP contribution in [0.3, 0.4) is 0 Å². The number of amides is 1. The molecule has 11 heteroatoms. The number of carbonyl (C=O) groups excluding carboxylic acids is 1. The van der Waals surface area contributed by atoms with Crippen LogP contribution in [-0.4, -0.2) is 74.4 Å². The van der Waals surface area contributed by atoms with Crippen molar-refractivity contribution >= 4 is 25.8 Å². The van der Waals surface area contributed by atoms with Crippen LogP contribution in [0.15, 0.2) is 29.2 Å². The molecule has 1 aromatic heterocycles. The second kappa shape index (κ2) is 8.36. The molecule has 170 valence electrons. The third kappa shape index (κ3) is 4.68. The van der Waals surface area contributed by atoms with E-state index in [9.17, 15) is 21.6 Å². The quantitative estimate of drug-likeness (QED) is 0.634. The van der Waals surface area contributed by atoms with Crippen molar-refractivity contribution in [2.75, 3.05) is 32.6 Å². The van der Waals surface area contributed by atoms with Crippen molar-refractivity contribution in [3.8, 4) is 0 Å². The van der Waals surface area contributed by atoms with Crippen molar-refractivity contribution in [2.24, 2.45) is 0 Å². The summed E-state index contributed by atoms with van der Waals surface area (Å²) in [5.74, 6) is 0.0121. The lowest BCUT2D eigenvalue weighted by atomic mass is 10.1. The number of sulfone groups is 1. The van der Waals surface area contributed by atoms with Gasteiger partial charge in [-0.05, 0) is 44.5 Å². The van der Waals surface area contributed by atoms with Gasteiger partial charge in [0.05, 0.1) is 28.1 Å². The maximum absolute atomic E-state index is 12.9. The molecule has 1 aliphatic rings. The Morgan fingerprint density at radius 2 is 1.77 bits per heavy atom. The minimum Gasteiger partial charge on any atom is -0.337 e. The maximum Gasteiger partial charge on any atom is 0.253 e. The van der Waals surface area contributed by atoms with Crippen LogP contribution < -0.4 is 0 Å².